The van der Waals surface area contributed by atoms with Gasteiger partial charge in [-0.25, -0.2) is 0 Å². The minimum absolute atomic E-state index is 0.00121. The van der Waals surface area contributed by atoms with Crippen LogP contribution in [0.1, 0.15) is 12.2 Å². The number of amides is 2. The highest BCUT2D eigenvalue weighted by Crippen LogP contribution is 2.21. The zero-order valence-corrected chi connectivity index (χ0v) is 13.7. The van der Waals surface area contributed by atoms with Gasteiger partial charge in [0.2, 0.25) is 17.1 Å². The first kappa shape index (κ1) is 16.8. The van der Waals surface area contributed by atoms with E-state index in [1.165, 1.54) is 12.3 Å². The van der Waals surface area contributed by atoms with E-state index in [0.717, 1.165) is 5.69 Å². The van der Waals surface area contributed by atoms with Crippen LogP contribution in [0.2, 0.25) is 0 Å². The van der Waals surface area contributed by atoms with Gasteiger partial charge in [-0.2, -0.15) is 0 Å². The predicted molar refractivity (Wildman–Crippen MR) is 90.6 cm³/mol. The lowest BCUT2D eigenvalue weighted by Gasteiger charge is -2.17. The number of hydrogen-bond donors (Lipinski definition) is 1. The monoisotopic (exact) mass is 342 g/mol. The Bertz CT molecular complexity index is 831. The van der Waals surface area contributed by atoms with Crippen LogP contribution in [0, 0.1) is 6.92 Å². The molecule has 130 valence electrons. The Balaban J connectivity index is 1.57. The van der Waals surface area contributed by atoms with Crippen molar-refractivity contribution in [1.29, 1.82) is 0 Å². The average molecular weight is 342 g/mol. The molecule has 7 heteroatoms. The molecule has 1 unspecified atom stereocenters. The molecule has 1 fully saturated rings. The van der Waals surface area contributed by atoms with Crippen LogP contribution in [-0.2, 0) is 9.59 Å². The second-order valence-corrected chi connectivity index (χ2v) is 5.69. The van der Waals surface area contributed by atoms with E-state index in [2.05, 4.69) is 5.32 Å². The van der Waals surface area contributed by atoms with Gasteiger partial charge >= 0.3 is 0 Å². The Labute approximate surface area is 144 Å². The van der Waals surface area contributed by atoms with Crippen molar-refractivity contribution in [3.05, 3.63) is 58.6 Å². The first-order valence-corrected chi connectivity index (χ1v) is 7.93. The smallest absolute Gasteiger partial charge is 0.258 e. The highest BCUT2D eigenvalue weighted by atomic mass is 16.5. The third kappa shape index (κ3) is 3.71. The van der Waals surface area contributed by atoms with Crippen molar-refractivity contribution in [3.63, 3.8) is 0 Å². The van der Waals surface area contributed by atoms with Crippen molar-refractivity contribution >= 4 is 17.5 Å². The van der Waals surface area contributed by atoms with Gasteiger partial charge in [-0.3, -0.25) is 14.4 Å². The summed E-state index contributed by atoms with van der Waals surface area (Å²) in [5.74, 6) is -0.320. The van der Waals surface area contributed by atoms with E-state index >= 15 is 0 Å². The molecule has 1 aliphatic heterocycles. The van der Waals surface area contributed by atoms with Crippen LogP contribution >= 0.6 is 0 Å². The van der Waals surface area contributed by atoms with Crippen LogP contribution in [-0.4, -0.2) is 31.0 Å². The summed E-state index contributed by atoms with van der Waals surface area (Å²) < 4.78 is 10.3. The summed E-state index contributed by atoms with van der Waals surface area (Å²) in [5, 5.41) is 2.65. The Morgan fingerprint density at radius 3 is 2.76 bits per heavy atom. The van der Waals surface area contributed by atoms with E-state index < -0.39 is 11.9 Å². The van der Waals surface area contributed by atoms with E-state index in [1.807, 2.05) is 30.3 Å². The molecule has 0 spiro atoms. The molecule has 1 aliphatic rings. The molecule has 1 N–H and O–H groups in total. The molecule has 2 heterocycles. The van der Waals surface area contributed by atoms with Crippen LogP contribution in [0.3, 0.4) is 0 Å². The van der Waals surface area contributed by atoms with Crippen LogP contribution in [0.25, 0.3) is 0 Å². The fraction of sp³-hybridized carbons (Fsp3) is 0.278. The maximum Gasteiger partial charge on any atom is 0.258 e. The van der Waals surface area contributed by atoms with Crippen molar-refractivity contribution in [2.24, 2.45) is 0 Å². The zero-order valence-electron chi connectivity index (χ0n) is 13.7. The number of nitrogens with one attached hydrogen (secondary N) is 1. The Morgan fingerprint density at radius 1 is 1.28 bits per heavy atom. The topological polar surface area (TPSA) is 88.8 Å². The lowest BCUT2D eigenvalue weighted by atomic mass is 10.2. The van der Waals surface area contributed by atoms with Gasteiger partial charge in [0, 0.05) is 18.3 Å². The second kappa shape index (κ2) is 7.21. The quantitative estimate of drug-likeness (QED) is 0.883. The Hall–Kier alpha value is -3.09. The molecule has 3 rings (SSSR count). The number of rotatable bonds is 5. The fourth-order valence-electron chi connectivity index (χ4n) is 2.73. The molecule has 0 radical (unpaired) electrons. The molecular weight excluding hydrogens is 324 g/mol. The molecule has 0 bridgehead atoms. The second-order valence-electron chi connectivity index (χ2n) is 5.69. The number of carbonyl (C=O) groups is 2. The number of hydrogen-bond acceptors (Lipinski definition) is 5. The number of para-hydroxylation sites is 1. The van der Waals surface area contributed by atoms with Crippen molar-refractivity contribution in [3.8, 4) is 5.75 Å². The molecule has 25 heavy (non-hydrogen) atoms. The van der Waals surface area contributed by atoms with Gasteiger partial charge in [0.25, 0.3) is 5.91 Å². The maximum atomic E-state index is 12.4. The van der Waals surface area contributed by atoms with E-state index in [9.17, 15) is 14.4 Å². The van der Waals surface area contributed by atoms with E-state index in [0.29, 0.717) is 18.7 Å². The minimum atomic E-state index is -0.593. The maximum absolute atomic E-state index is 12.4. The molecule has 2 amide bonds. The summed E-state index contributed by atoms with van der Waals surface area (Å²) in [5.41, 5.74) is 0.446. The molecular formula is C18H18N2O5. The van der Waals surface area contributed by atoms with Gasteiger partial charge in [-0.05, 0) is 25.5 Å². The van der Waals surface area contributed by atoms with Gasteiger partial charge in [0.15, 0.2) is 6.61 Å². The van der Waals surface area contributed by atoms with Gasteiger partial charge in [-0.15, -0.1) is 0 Å². The fourth-order valence-corrected chi connectivity index (χ4v) is 2.73. The lowest BCUT2D eigenvalue weighted by Crippen LogP contribution is -2.43. The Morgan fingerprint density at radius 2 is 2.04 bits per heavy atom. The van der Waals surface area contributed by atoms with Crippen molar-refractivity contribution in [2.45, 2.75) is 19.4 Å². The number of nitrogens with zero attached hydrogens (tertiary/aromatic N) is 1. The molecule has 1 aromatic heterocycles. The van der Waals surface area contributed by atoms with E-state index in [4.69, 9.17) is 9.15 Å². The number of ether oxygens (including phenoxy) is 1. The van der Waals surface area contributed by atoms with Gasteiger partial charge < -0.3 is 19.4 Å². The third-order valence-corrected chi connectivity index (χ3v) is 3.96. The molecule has 1 saturated heterocycles. The van der Waals surface area contributed by atoms with E-state index in [1.54, 1.807) is 11.8 Å². The summed E-state index contributed by atoms with van der Waals surface area (Å²) in [7, 11) is 0. The third-order valence-electron chi connectivity index (χ3n) is 3.96. The zero-order chi connectivity index (χ0) is 17.8. The SMILES string of the molecule is Cc1occc(=O)c1OCC(=O)NC1CCN(c2ccccc2)C1=O. The highest BCUT2D eigenvalue weighted by Gasteiger charge is 2.33. The molecule has 1 aromatic carbocycles. The van der Waals surface area contributed by atoms with Crippen molar-refractivity contribution < 1.29 is 18.7 Å². The summed E-state index contributed by atoms with van der Waals surface area (Å²) in [6, 6.07) is 9.92. The van der Waals surface area contributed by atoms with Crippen LogP contribution in [0.15, 0.2) is 51.9 Å². The van der Waals surface area contributed by atoms with Crippen LogP contribution < -0.4 is 20.4 Å². The number of aryl methyl sites for hydroxylation is 1. The molecule has 1 atom stereocenters. The van der Waals surface area contributed by atoms with Crippen LogP contribution in [0.5, 0.6) is 5.75 Å². The number of anilines is 1. The largest absolute Gasteiger partial charge is 0.476 e. The Kier molecular flexibility index (Phi) is 4.83. The summed E-state index contributed by atoms with van der Waals surface area (Å²) in [6.45, 7) is 1.76. The van der Waals surface area contributed by atoms with Crippen LogP contribution in [0.4, 0.5) is 5.69 Å². The lowest BCUT2D eigenvalue weighted by molar-refractivity contribution is -0.127. The van der Waals surface area contributed by atoms with Gasteiger partial charge in [0.05, 0.1) is 6.26 Å². The standard InChI is InChI=1S/C18H18N2O5/c1-12-17(15(21)8-10-24-12)25-11-16(22)19-14-7-9-20(18(14)23)13-5-3-2-4-6-13/h2-6,8,10,14H,7,9,11H2,1H3,(H,19,22). The molecule has 7 nitrogen and oxygen atoms in total. The normalized spacial score (nSPS) is 16.8. The molecule has 0 saturated carbocycles. The first-order chi connectivity index (χ1) is 12.1. The number of carbonyl (C=O) groups excluding carboxylic acids is 2. The first-order valence-electron chi connectivity index (χ1n) is 7.93. The molecule has 0 aliphatic carbocycles. The van der Waals surface area contributed by atoms with Crippen molar-refractivity contribution in [1.82, 2.24) is 5.32 Å². The number of benzene rings is 1. The minimum Gasteiger partial charge on any atom is -0.476 e. The average Bonchev–Trinajstić information content (AvgIpc) is 2.96. The highest BCUT2D eigenvalue weighted by molar-refractivity contribution is 6.01. The van der Waals surface area contributed by atoms with Gasteiger partial charge in [0.1, 0.15) is 11.8 Å². The summed E-state index contributed by atoms with van der Waals surface area (Å²) in [6.07, 6.45) is 1.78. The molecule has 2 aromatic rings. The van der Waals surface area contributed by atoms with Gasteiger partial charge in [-0.1, -0.05) is 18.2 Å². The van der Waals surface area contributed by atoms with E-state index in [-0.39, 0.29) is 23.7 Å². The summed E-state index contributed by atoms with van der Waals surface area (Å²) >= 11 is 0. The predicted octanol–water partition coefficient (Wildman–Crippen LogP) is 1.25. The summed E-state index contributed by atoms with van der Waals surface area (Å²) in [4.78, 5) is 37.8. The van der Waals surface area contributed by atoms with Crippen molar-refractivity contribution in [2.75, 3.05) is 18.1 Å².